The van der Waals surface area contributed by atoms with Gasteiger partial charge < -0.3 is 0 Å². The Hall–Kier alpha value is 0.140. The Kier molecular flexibility index (Phi) is 8.27. The van der Waals surface area contributed by atoms with Gasteiger partial charge in [-0.3, -0.25) is 4.90 Å². The van der Waals surface area contributed by atoms with Gasteiger partial charge in [-0.05, 0) is 36.2 Å². The lowest BCUT2D eigenvalue weighted by molar-refractivity contribution is 0.147. The van der Waals surface area contributed by atoms with Crippen molar-refractivity contribution in [3.63, 3.8) is 0 Å². The molecule has 0 bridgehead atoms. The third-order valence-electron chi connectivity index (χ3n) is 3.81. The number of halogens is 1. The van der Waals surface area contributed by atoms with Crippen LogP contribution in [-0.4, -0.2) is 23.3 Å². The van der Waals surface area contributed by atoms with E-state index in [2.05, 4.69) is 59.1 Å². The molecule has 1 nitrogen and oxygen atoms in total. The quantitative estimate of drug-likeness (QED) is 0.502. The topological polar surface area (TPSA) is 3.24 Å². The van der Waals surface area contributed by atoms with E-state index >= 15 is 0 Å². The predicted octanol–water partition coefficient (Wildman–Crippen LogP) is 5.55. The summed E-state index contributed by atoms with van der Waals surface area (Å²) in [5.74, 6) is 0. The Balaban J connectivity index is 2.68. The van der Waals surface area contributed by atoms with Crippen LogP contribution in [0.5, 0.6) is 0 Å². The van der Waals surface area contributed by atoms with E-state index in [0.29, 0.717) is 5.41 Å². The zero-order valence-electron chi connectivity index (χ0n) is 12.6. The van der Waals surface area contributed by atoms with E-state index in [1.807, 2.05) is 11.3 Å². The molecule has 0 amide bonds. The molecule has 0 aliphatic rings. The molecule has 0 fully saturated rings. The van der Waals surface area contributed by atoms with Crippen molar-refractivity contribution in [3.05, 3.63) is 22.4 Å². The van der Waals surface area contributed by atoms with E-state index in [1.165, 1.54) is 37.1 Å². The summed E-state index contributed by atoms with van der Waals surface area (Å²) in [7, 11) is 0. The van der Waals surface area contributed by atoms with Gasteiger partial charge in [0.1, 0.15) is 0 Å². The summed E-state index contributed by atoms with van der Waals surface area (Å²) in [6, 6.07) is 4.41. The normalized spacial score (nSPS) is 12.3. The van der Waals surface area contributed by atoms with Gasteiger partial charge in [0.15, 0.2) is 0 Å². The highest BCUT2D eigenvalue weighted by atomic mass is 79.9. The Morgan fingerprint density at radius 1 is 1.21 bits per heavy atom. The van der Waals surface area contributed by atoms with Crippen LogP contribution in [0.4, 0.5) is 0 Å². The minimum Gasteiger partial charge on any atom is -0.298 e. The maximum Gasteiger partial charge on any atom is 0.0328 e. The second kappa shape index (κ2) is 9.15. The van der Waals surface area contributed by atoms with E-state index in [1.54, 1.807) is 0 Å². The fourth-order valence-electron chi connectivity index (χ4n) is 2.90. The molecule has 0 saturated heterocycles. The number of nitrogens with zero attached hydrogens (tertiary/aromatic N) is 1. The molecule has 1 rings (SSSR count). The van der Waals surface area contributed by atoms with Gasteiger partial charge in [0, 0.05) is 23.3 Å². The van der Waals surface area contributed by atoms with Gasteiger partial charge in [-0.1, -0.05) is 55.6 Å². The van der Waals surface area contributed by atoms with Crippen molar-refractivity contribution < 1.29 is 0 Å². The van der Waals surface area contributed by atoms with E-state index in [4.69, 9.17) is 0 Å². The Morgan fingerprint density at radius 2 is 1.89 bits per heavy atom. The van der Waals surface area contributed by atoms with E-state index in [0.717, 1.165) is 18.4 Å². The Labute approximate surface area is 131 Å². The lowest BCUT2D eigenvalue weighted by Crippen LogP contribution is -2.38. The standard InChI is InChI=1S/C16H28BrNS/c1-4-9-16(13-17,10-5-2)14-18(6-3)12-15-8-7-11-19-15/h7-8,11H,4-6,9-10,12-14H2,1-3H3. The predicted molar refractivity (Wildman–Crippen MR) is 91.3 cm³/mol. The van der Waals surface area contributed by atoms with Crippen LogP contribution in [0.25, 0.3) is 0 Å². The van der Waals surface area contributed by atoms with Crippen molar-refractivity contribution in [1.82, 2.24) is 4.90 Å². The maximum atomic E-state index is 3.79. The first-order chi connectivity index (χ1) is 9.19. The van der Waals surface area contributed by atoms with Gasteiger partial charge in [-0.2, -0.15) is 0 Å². The zero-order valence-corrected chi connectivity index (χ0v) is 15.0. The van der Waals surface area contributed by atoms with Gasteiger partial charge in [0.25, 0.3) is 0 Å². The first-order valence-electron chi connectivity index (χ1n) is 7.50. The minimum absolute atomic E-state index is 0.455. The summed E-state index contributed by atoms with van der Waals surface area (Å²) < 4.78 is 0. The van der Waals surface area contributed by atoms with Crippen molar-refractivity contribution in [2.45, 2.75) is 53.0 Å². The fourth-order valence-corrected chi connectivity index (χ4v) is 4.38. The largest absolute Gasteiger partial charge is 0.298 e. The van der Waals surface area contributed by atoms with Gasteiger partial charge in [-0.15, -0.1) is 11.3 Å². The summed E-state index contributed by atoms with van der Waals surface area (Å²) in [5, 5.41) is 3.31. The first-order valence-corrected chi connectivity index (χ1v) is 9.50. The highest BCUT2D eigenvalue weighted by Crippen LogP contribution is 2.33. The van der Waals surface area contributed by atoms with Crippen LogP contribution >= 0.6 is 27.3 Å². The second-order valence-corrected chi connectivity index (χ2v) is 7.11. The van der Waals surface area contributed by atoms with Gasteiger partial charge in [-0.25, -0.2) is 0 Å². The molecule has 0 radical (unpaired) electrons. The van der Waals surface area contributed by atoms with Gasteiger partial charge >= 0.3 is 0 Å². The van der Waals surface area contributed by atoms with E-state index in [9.17, 15) is 0 Å². The molecular formula is C16H28BrNS. The summed E-state index contributed by atoms with van der Waals surface area (Å²) in [4.78, 5) is 4.09. The third-order valence-corrected chi connectivity index (χ3v) is 5.86. The van der Waals surface area contributed by atoms with Crippen molar-refractivity contribution in [2.75, 3.05) is 18.4 Å². The SMILES string of the molecule is CCCC(CBr)(CCC)CN(CC)Cc1cccs1. The molecule has 3 heteroatoms. The molecule has 19 heavy (non-hydrogen) atoms. The molecule has 0 N–H and O–H groups in total. The average molecular weight is 346 g/mol. The second-order valence-electron chi connectivity index (χ2n) is 5.52. The molecule has 0 spiro atoms. The molecule has 0 aliphatic heterocycles. The molecule has 110 valence electrons. The van der Waals surface area contributed by atoms with Crippen LogP contribution in [0.3, 0.4) is 0 Å². The first kappa shape index (κ1) is 17.2. The average Bonchev–Trinajstić information content (AvgIpc) is 2.91. The van der Waals surface area contributed by atoms with Crippen LogP contribution in [0.2, 0.25) is 0 Å². The molecule has 0 aliphatic carbocycles. The highest BCUT2D eigenvalue weighted by Gasteiger charge is 2.29. The lowest BCUT2D eigenvalue weighted by Gasteiger charge is -2.37. The number of thiophene rings is 1. The van der Waals surface area contributed by atoms with E-state index < -0.39 is 0 Å². The van der Waals surface area contributed by atoms with Crippen molar-refractivity contribution in [2.24, 2.45) is 5.41 Å². The van der Waals surface area contributed by atoms with Crippen molar-refractivity contribution in [1.29, 1.82) is 0 Å². The van der Waals surface area contributed by atoms with Crippen LogP contribution in [0, 0.1) is 5.41 Å². The van der Waals surface area contributed by atoms with Crippen molar-refractivity contribution in [3.8, 4) is 0 Å². The Bertz CT molecular complexity index is 317. The summed E-state index contributed by atoms with van der Waals surface area (Å²) in [6.45, 7) is 10.4. The molecule has 0 atom stereocenters. The molecule has 1 aromatic rings. The van der Waals surface area contributed by atoms with Crippen LogP contribution in [0.1, 0.15) is 51.3 Å². The smallest absolute Gasteiger partial charge is 0.0328 e. The summed E-state index contributed by atoms with van der Waals surface area (Å²) in [6.07, 6.45) is 5.21. The highest BCUT2D eigenvalue weighted by molar-refractivity contribution is 9.09. The molecule has 0 saturated carbocycles. The number of rotatable bonds is 10. The van der Waals surface area contributed by atoms with Crippen LogP contribution < -0.4 is 0 Å². The zero-order chi connectivity index (χ0) is 14.1. The van der Waals surface area contributed by atoms with Crippen LogP contribution in [0.15, 0.2) is 17.5 Å². The number of hydrogen-bond donors (Lipinski definition) is 0. The van der Waals surface area contributed by atoms with E-state index in [-0.39, 0.29) is 0 Å². The molecular weight excluding hydrogens is 318 g/mol. The lowest BCUT2D eigenvalue weighted by atomic mass is 9.80. The molecule has 1 aromatic heterocycles. The Morgan fingerprint density at radius 3 is 2.32 bits per heavy atom. The summed E-state index contributed by atoms with van der Waals surface area (Å²) >= 11 is 5.66. The number of hydrogen-bond acceptors (Lipinski definition) is 2. The molecule has 0 aromatic carbocycles. The molecule has 0 unspecified atom stereocenters. The van der Waals surface area contributed by atoms with Gasteiger partial charge in [0.05, 0.1) is 0 Å². The monoisotopic (exact) mass is 345 g/mol. The third kappa shape index (κ3) is 5.57. The fraction of sp³-hybridized carbons (Fsp3) is 0.750. The summed E-state index contributed by atoms with van der Waals surface area (Å²) in [5.41, 5.74) is 0.455. The van der Waals surface area contributed by atoms with Gasteiger partial charge in [0.2, 0.25) is 0 Å². The van der Waals surface area contributed by atoms with Crippen LogP contribution in [-0.2, 0) is 6.54 Å². The minimum atomic E-state index is 0.455. The van der Waals surface area contributed by atoms with Crippen molar-refractivity contribution >= 4 is 27.3 Å². The maximum absolute atomic E-state index is 3.79. The molecule has 1 heterocycles. The number of alkyl halides is 1.